The molecule has 1 heterocycles. The topological polar surface area (TPSA) is 39.2 Å². The number of carbonyl (C=O) groups excluding carboxylic acids is 1. The molecule has 0 bridgehead atoms. The summed E-state index contributed by atoms with van der Waals surface area (Å²) in [5, 5.41) is 3.63. The zero-order valence-corrected chi connectivity index (χ0v) is 9.58. The quantitative estimate of drug-likeness (QED) is 0.764. The maximum Gasteiger partial charge on any atom is 0.358 e. The summed E-state index contributed by atoms with van der Waals surface area (Å²) in [5.74, 6) is -0.416. The van der Waals surface area contributed by atoms with Crippen molar-refractivity contribution in [2.24, 2.45) is 0 Å². The van der Waals surface area contributed by atoms with Gasteiger partial charge in [0.05, 0.1) is 12.0 Å². The number of hydrogen-bond acceptors (Lipinski definition) is 4. The molecule has 0 unspecified atom stereocenters. The van der Waals surface area contributed by atoms with Gasteiger partial charge in [-0.15, -0.1) is 11.3 Å². The molecule has 2 aromatic rings. The average molecular weight is 232 g/mol. The number of esters is 1. The Hall–Kier alpha value is -1.68. The van der Waals surface area contributed by atoms with Gasteiger partial charge in [-0.3, -0.25) is 0 Å². The Morgan fingerprint density at radius 3 is 2.88 bits per heavy atom. The van der Waals surface area contributed by atoms with Gasteiger partial charge in [0, 0.05) is 5.56 Å². The van der Waals surface area contributed by atoms with E-state index in [0.29, 0.717) is 6.61 Å². The van der Waals surface area contributed by atoms with Gasteiger partial charge in [-0.2, -0.15) is 0 Å². The third kappa shape index (κ3) is 2.28. The van der Waals surface area contributed by atoms with Gasteiger partial charge in [0.25, 0.3) is 0 Å². The summed E-state index contributed by atoms with van der Waals surface area (Å²) in [6.07, 6.45) is 0. The minimum atomic E-state index is -0.416. The molecule has 1 aromatic heterocycles. The lowest BCUT2D eigenvalue weighted by Crippen LogP contribution is -2.04. The molecule has 4 heteroatoms. The van der Waals surface area contributed by atoms with E-state index in [1.54, 1.807) is 6.92 Å². The number of hydrogen-bond donors (Lipinski definition) is 0. The summed E-state index contributed by atoms with van der Waals surface area (Å²) >= 11 is 1.32. The Kier molecular flexibility index (Phi) is 3.31. The van der Waals surface area contributed by atoms with E-state index in [0.717, 1.165) is 10.6 Å². The van der Waals surface area contributed by atoms with Crippen LogP contribution in [-0.2, 0) is 4.74 Å². The standard InChI is InChI=1S/C12H10NO2S/c1-2-15-12(14)10-8-16-11(13-10)9-6-4-3-5-7-9/h3-7H,2H2,1H3. The molecule has 3 nitrogen and oxygen atoms in total. The summed E-state index contributed by atoms with van der Waals surface area (Å²) in [6.45, 7) is 2.12. The Morgan fingerprint density at radius 1 is 1.44 bits per heavy atom. The molecule has 0 spiro atoms. The highest BCUT2D eigenvalue weighted by Gasteiger charge is 2.12. The summed E-state index contributed by atoms with van der Waals surface area (Å²) in [5.41, 5.74) is 1.24. The van der Waals surface area contributed by atoms with Crippen molar-refractivity contribution >= 4 is 17.3 Å². The Balaban J connectivity index is 2.23. The lowest BCUT2D eigenvalue weighted by molar-refractivity contribution is 0.0520. The number of nitrogens with zero attached hydrogens (tertiary/aromatic N) is 1. The zero-order chi connectivity index (χ0) is 11.4. The van der Waals surface area contributed by atoms with E-state index in [2.05, 4.69) is 10.4 Å². The van der Waals surface area contributed by atoms with Gasteiger partial charge in [-0.1, -0.05) is 30.3 Å². The lowest BCUT2D eigenvalue weighted by Gasteiger charge is -1.96. The maximum atomic E-state index is 11.4. The van der Waals surface area contributed by atoms with Crippen molar-refractivity contribution in [3.63, 3.8) is 0 Å². The molecule has 1 radical (unpaired) electrons. The number of rotatable bonds is 3. The van der Waals surface area contributed by atoms with Gasteiger partial charge in [0.1, 0.15) is 5.01 Å². The van der Waals surface area contributed by atoms with E-state index in [1.807, 2.05) is 30.3 Å². The second-order valence-corrected chi connectivity index (χ2v) is 3.85. The molecule has 0 aliphatic heterocycles. The highest BCUT2D eigenvalue weighted by Crippen LogP contribution is 2.22. The van der Waals surface area contributed by atoms with Crippen LogP contribution in [0.4, 0.5) is 0 Å². The van der Waals surface area contributed by atoms with Crippen molar-refractivity contribution in [1.29, 1.82) is 0 Å². The van der Waals surface area contributed by atoms with Gasteiger partial charge >= 0.3 is 5.97 Å². The molecule has 0 N–H and O–H groups in total. The molecule has 0 atom stereocenters. The van der Waals surface area contributed by atoms with Crippen LogP contribution in [0.2, 0.25) is 0 Å². The number of benzene rings is 1. The van der Waals surface area contributed by atoms with Crippen LogP contribution in [-0.4, -0.2) is 17.6 Å². The molecule has 0 saturated heterocycles. The summed E-state index contributed by atoms with van der Waals surface area (Å²) in [6, 6.07) is 9.69. The molecule has 16 heavy (non-hydrogen) atoms. The maximum absolute atomic E-state index is 11.4. The van der Waals surface area contributed by atoms with Crippen LogP contribution < -0.4 is 0 Å². The fraction of sp³-hybridized carbons (Fsp3) is 0.167. The first-order chi connectivity index (χ1) is 7.81. The minimum Gasteiger partial charge on any atom is -0.461 e. The Bertz CT molecular complexity index is 479. The SMILES string of the molecule is CCOC(=O)c1[c]sc(-c2ccccc2)n1. The Morgan fingerprint density at radius 2 is 2.19 bits per heavy atom. The van der Waals surface area contributed by atoms with Crippen LogP contribution in [0.1, 0.15) is 17.4 Å². The number of thiazole rings is 1. The van der Waals surface area contributed by atoms with Crippen molar-refractivity contribution in [2.75, 3.05) is 6.61 Å². The largest absolute Gasteiger partial charge is 0.461 e. The zero-order valence-electron chi connectivity index (χ0n) is 8.77. The third-order valence-corrected chi connectivity index (χ3v) is 2.76. The smallest absolute Gasteiger partial charge is 0.358 e. The van der Waals surface area contributed by atoms with Crippen LogP contribution in [0.3, 0.4) is 0 Å². The Labute approximate surface area is 97.7 Å². The summed E-state index contributed by atoms with van der Waals surface area (Å²) in [4.78, 5) is 15.6. The first-order valence-electron chi connectivity index (χ1n) is 4.92. The van der Waals surface area contributed by atoms with E-state index in [-0.39, 0.29) is 5.69 Å². The highest BCUT2D eigenvalue weighted by atomic mass is 32.1. The fourth-order valence-corrected chi connectivity index (χ4v) is 1.95. The predicted octanol–water partition coefficient (Wildman–Crippen LogP) is 2.79. The summed E-state index contributed by atoms with van der Waals surface area (Å²) < 4.78 is 4.85. The van der Waals surface area contributed by atoms with Crippen LogP contribution in [0.5, 0.6) is 0 Å². The summed E-state index contributed by atoms with van der Waals surface area (Å²) in [7, 11) is 0. The van der Waals surface area contributed by atoms with Crippen LogP contribution in [0.25, 0.3) is 10.6 Å². The van der Waals surface area contributed by atoms with Gasteiger partial charge in [-0.25, -0.2) is 9.78 Å². The van der Waals surface area contributed by atoms with Crippen molar-refractivity contribution in [3.8, 4) is 10.6 Å². The number of aromatic nitrogens is 1. The molecule has 0 aliphatic rings. The molecule has 0 aliphatic carbocycles. The molecular formula is C12H10NO2S. The lowest BCUT2D eigenvalue weighted by atomic mass is 10.2. The van der Waals surface area contributed by atoms with Gasteiger partial charge < -0.3 is 4.74 Å². The molecule has 1 aromatic carbocycles. The van der Waals surface area contributed by atoms with Crippen molar-refractivity contribution in [1.82, 2.24) is 4.98 Å². The molecular weight excluding hydrogens is 222 g/mol. The number of carbonyl (C=O) groups is 1. The fourth-order valence-electron chi connectivity index (χ4n) is 1.23. The van der Waals surface area contributed by atoms with Crippen LogP contribution in [0.15, 0.2) is 30.3 Å². The van der Waals surface area contributed by atoms with Gasteiger partial charge in [0.15, 0.2) is 5.69 Å². The van der Waals surface area contributed by atoms with Crippen LogP contribution in [0, 0.1) is 5.38 Å². The predicted molar refractivity (Wildman–Crippen MR) is 62.3 cm³/mol. The first-order valence-corrected chi connectivity index (χ1v) is 5.74. The first kappa shape index (κ1) is 10.8. The number of ether oxygens (including phenoxy) is 1. The average Bonchev–Trinajstić information content (AvgIpc) is 2.80. The second-order valence-electron chi connectivity index (χ2n) is 3.06. The van der Waals surface area contributed by atoms with Gasteiger partial charge in [-0.05, 0) is 6.92 Å². The molecule has 0 fully saturated rings. The minimum absolute atomic E-state index is 0.255. The van der Waals surface area contributed by atoms with E-state index >= 15 is 0 Å². The monoisotopic (exact) mass is 232 g/mol. The van der Waals surface area contributed by atoms with E-state index in [1.165, 1.54) is 11.3 Å². The van der Waals surface area contributed by atoms with Gasteiger partial charge in [0.2, 0.25) is 0 Å². The second kappa shape index (κ2) is 4.90. The molecule has 0 saturated carbocycles. The van der Waals surface area contributed by atoms with E-state index in [9.17, 15) is 4.79 Å². The molecule has 81 valence electrons. The van der Waals surface area contributed by atoms with E-state index < -0.39 is 5.97 Å². The van der Waals surface area contributed by atoms with Crippen molar-refractivity contribution < 1.29 is 9.53 Å². The highest BCUT2D eigenvalue weighted by molar-refractivity contribution is 7.12. The van der Waals surface area contributed by atoms with Crippen LogP contribution >= 0.6 is 11.3 Å². The van der Waals surface area contributed by atoms with Crippen molar-refractivity contribution in [3.05, 3.63) is 41.4 Å². The normalized spacial score (nSPS) is 10.1. The van der Waals surface area contributed by atoms with Crippen molar-refractivity contribution in [2.45, 2.75) is 6.92 Å². The molecule has 0 amide bonds. The molecule has 2 rings (SSSR count). The van der Waals surface area contributed by atoms with E-state index in [4.69, 9.17) is 4.74 Å². The third-order valence-electron chi connectivity index (χ3n) is 1.95.